The van der Waals surface area contributed by atoms with Gasteiger partial charge in [0.25, 0.3) is 0 Å². The molecule has 2 N–H and O–H groups in total. The monoisotopic (exact) mass is 295 g/mol. The summed E-state index contributed by atoms with van der Waals surface area (Å²) >= 11 is 1.77. The first-order valence-corrected chi connectivity index (χ1v) is 8.15. The van der Waals surface area contributed by atoms with Crippen LogP contribution in [-0.4, -0.2) is 18.1 Å². The molecular formula is C17H17N3S. The number of hydrogen-bond acceptors (Lipinski definition) is 4. The quantitative estimate of drug-likeness (QED) is 0.797. The molecule has 1 aromatic carbocycles. The average Bonchev–Trinajstić information content (AvgIpc) is 3.12. The molecule has 1 aliphatic heterocycles. The van der Waals surface area contributed by atoms with Crippen molar-refractivity contribution in [3.63, 3.8) is 0 Å². The normalized spacial score (nSPS) is 17.4. The van der Waals surface area contributed by atoms with Gasteiger partial charge in [0.15, 0.2) is 0 Å². The zero-order valence-corrected chi connectivity index (χ0v) is 12.5. The Kier molecular flexibility index (Phi) is 3.13. The molecular weight excluding hydrogens is 278 g/mol. The lowest BCUT2D eigenvalue weighted by Gasteiger charge is -2.19. The Morgan fingerprint density at radius 2 is 2.14 bits per heavy atom. The van der Waals surface area contributed by atoms with E-state index in [2.05, 4.69) is 51.7 Å². The minimum Gasteiger partial charge on any atom is -0.330 e. The lowest BCUT2D eigenvalue weighted by molar-refractivity contribution is 0.667. The summed E-state index contributed by atoms with van der Waals surface area (Å²) in [6.07, 6.45) is 2.93. The summed E-state index contributed by atoms with van der Waals surface area (Å²) in [5, 5.41) is 3.38. The first-order chi connectivity index (χ1) is 10.4. The standard InChI is InChI=1S/C17H17N3S/c18-8-5-12-11-20(15-4-2-1-3-13(12)15)17-14-7-10-21-16(14)6-9-19-17/h1-4,6-7,9-10,12H,5,8,11,18H2. The Morgan fingerprint density at radius 3 is 3.05 bits per heavy atom. The number of pyridine rings is 1. The van der Waals surface area contributed by atoms with Gasteiger partial charge in [-0.2, -0.15) is 0 Å². The van der Waals surface area contributed by atoms with Gasteiger partial charge in [-0.25, -0.2) is 4.98 Å². The summed E-state index contributed by atoms with van der Waals surface area (Å²) in [4.78, 5) is 7.01. The second-order valence-electron chi connectivity index (χ2n) is 5.41. The number of rotatable bonds is 3. The molecule has 0 saturated carbocycles. The van der Waals surface area contributed by atoms with Crippen LogP contribution >= 0.6 is 11.3 Å². The molecule has 2 aromatic heterocycles. The Hall–Kier alpha value is -1.91. The first-order valence-electron chi connectivity index (χ1n) is 7.27. The third-order valence-corrected chi connectivity index (χ3v) is 5.08. The summed E-state index contributed by atoms with van der Waals surface area (Å²) in [5.41, 5.74) is 8.47. The summed E-state index contributed by atoms with van der Waals surface area (Å²) in [6.45, 7) is 1.70. The topological polar surface area (TPSA) is 42.1 Å². The van der Waals surface area contributed by atoms with Crippen LogP contribution in [0.1, 0.15) is 17.9 Å². The molecule has 1 unspecified atom stereocenters. The first kappa shape index (κ1) is 12.8. The maximum absolute atomic E-state index is 5.79. The maximum Gasteiger partial charge on any atom is 0.141 e. The smallest absolute Gasteiger partial charge is 0.141 e. The molecule has 0 fully saturated rings. The van der Waals surface area contributed by atoms with E-state index < -0.39 is 0 Å². The third-order valence-electron chi connectivity index (χ3n) is 4.20. The highest BCUT2D eigenvalue weighted by Crippen LogP contribution is 2.43. The van der Waals surface area contributed by atoms with Gasteiger partial charge in [-0.05, 0) is 42.1 Å². The number of anilines is 2. The number of nitrogens with two attached hydrogens (primary N) is 1. The van der Waals surface area contributed by atoms with E-state index in [9.17, 15) is 0 Å². The molecule has 106 valence electrons. The van der Waals surface area contributed by atoms with Crippen molar-refractivity contribution in [1.29, 1.82) is 0 Å². The second kappa shape index (κ2) is 5.13. The number of hydrogen-bond donors (Lipinski definition) is 1. The Balaban J connectivity index is 1.85. The van der Waals surface area contributed by atoms with E-state index in [0.29, 0.717) is 5.92 Å². The second-order valence-corrected chi connectivity index (χ2v) is 6.36. The van der Waals surface area contributed by atoms with Gasteiger partial charge in [0, 0.05) is 34.4 Å². The minimum absolute atomic E-state index is 0.502. The molecule has 3 aromatic rings. The van der Waals surface area contributed by atoms with Crippen molar-refractivity contribution < 1.29 is 0 Å². The zero-order chi connectivity index (χ0) is 14.2. The number of thiophene rings is 1. The molecule has 0 amide bonds. The van der Waals surface area contributed by atoms with Crippen LogP contribution in [-0.2, 0) is 0 Å². The Morgan fingerprint density at radius 1 is 1.24 bits per heavy atom. The van der Waals surface area contributed by atoms with E-state index >= 15 is 0 Å². The predicted octanol–water partition coefficient (Wildman–Crippen LogP) is 3.88. The summed E-state index contributed by atoms with van der Waals surface area (Å²) in [5.74, 6) is 1.57. The van der Waals surface area contributed by atoms with E-state index in [0.717, 1.165) is 25.3 Å². The Bertz CT molecular complexity index is 780. The van der Waals surface area contributed by atoms with Crippen molar-refractivity contribution in [3.8, 4) is 0 Å². The van der Waals surface area contributed by atoms with Crippen LogP contribution in [0.5, 0.6) is 0 Å². The highest BCUT2D eigenvalue weighted by Gasteiger charge is 2.30. The van der Waals surface area contributed by atoms with Crippen LogP contribution in [0.2, 0.25) is 0 Å². The molecule has 0 radical (unpaired) electrons. The minimum atomic E-state index is 0.502. The van der Waals surface area contributed by atoms with Gasteiger partial charge in [-0.3, -0.25) is 0 Å². The molecule has 4 rings (SSSR count). The lowest BCUT2D eigenvalue weighted by atomic mass is 9.98. The van der Waals surface area contributed by atoms with Gasteiger partial charge < -0.3 is 10.6 Å². The van der Waals surface area contributed by atoms with E-state index in [1.165, 1.54) is 21.3 Å². The van der Waals surface area contributed by atoms with E-state index in [1.807, 2.05) is 6.20 Å². The summed E-state index contributed by atoms with van der Waals surface area (Å²) in [7, 11) is 0. The average molecular weight is 295 g/mol. The lowest BCUT2D eigenvalue weighted by Crippen LogP contribution is -2.18. The molecule has 3 nitrogen and oxygen atoms in total. The largest absolute Gasteiger partial charge is 0.330 e. The van der Waals surface area contributed by atoms with E-state index in [1.54, 1.807) is 11.3 Å². The highest BCUT2D eigenvalue weighted by molar-refractivity contribution is 7.17. The zero-order valence-electron chi connectivity index (χ0n) is 11.7. The molecule has 0 saturated heterocycles. The van der Waals surface area contributed by atoms with Crippen molar-refractivity contribution in [2.75, 3.05) is 18.0 Å². The predicted molar refractivity (Wildman–Crippen MR) is 89.5 cm³/mol. The van der Waals surface area contributed by atoms with Crippen LogP contribution in [0, 0.1) is 0 Å². The number of benzene rings is 1. The van der Waals surface area contributed by atoms with Gasteiger partial charge in [0.1, 0.15) is 5.82 Å². The number of nitrogens with zero attached hydrogens (tertiary/aromatic N) is 2. The van der Waals surface area contributed by atoms with Gasteiger partial charge in [0.2, 0.25) is 0 Å². The van der Waals surface area contributed by atoms with Crippen LogP contribution < -0.4 is 10.6 Å². The SMILES string of the molecule is NCCC1CN(c2nccc3sccc23)c2ccccc21. The van der Waals surface area contributed by atoms with Crippen LogP contribution in [0.3, 0.4) is 0 Å². The van der Waals surface area contributed by atoms with E-state index in [-0.39, 0.29) is 0 Å². The van der Waals surface area contributed by atoms with Crippen molar-refractivity contribution >= 4 is 32.9 Å². The Labute approximate surface area is 128 Å². The summed E-state index contributed by atoms with van der Waals surface area (Å²) < 4.78 is 1.29. The highest BCUT2D eigenvalue weighted by atomic mass is 32.1. The fourth-order valence-electron chi connectivity index (χ4n) is 3.24. The van der Waals surface area contributed by atoms with Crippen LogP contribution in [0.15, 0.2) is 48.0 Å². The van der Waals surface area contributed by atoms with Gasteiger partial charge >= 0.3 is 0 Å². The fraction of sp³-hybridized carbons (Fsp3) is 0.235. The van der Waals surface area contributed by atoms with Crippen LogP contribution in [0.25, 0.3) is 10.1 Å². The molecule has 4 heteroatoms. The van der Waals surface area contributed by atoms with Crippen molar-refractivity contribution in [2.45, 2.75) is 12.3 Å². The van der Waals surface area contributed by atoms with Gasteiger partial charge in [0.05, 0.1) is 0 Å². The van der Waals surface area contributed by atoms with Crippen LogP contribution in [0.4, 0.5) is 11.5 Å². The van der Waals surface area contributed by atoms with Crippen molar-refractivity contribution in [1.82, 2.24) is 4.98 Å². The number of fused-ring (bicyclic) bond motifs is 2. The third kappa shape index (κ3) is 2.03. The maximum atomic E-state index is 5.79. The number of aromatic nitrogens is 1. The molecule has 1 atom stereocenters. The van der Waals surface area contributed by atoms with Gasteiger partial charge in [-0.15, -0.1) is 11.3 Å². The number of para-hydroxylation sites is 1. The molecule has 1 aliphatic rings. The van der Waals surface area contributed by atoms with Crippen molar-refractivity contribution in [2.24, 2.45) is 5.73 Å². The molecule has 3 heterocycles. The molecule has 0 aliphatic carbocycles. The molecule has 0 spiro atoms. The van der Waals surface area contributed by atoms with Gasteiger partial charge in [-0.1, -0.05) is 18.2 Å². The molecule has 0 bridgehead atoms. The van der Waals surface area contributed by atoms with E-state index in [4.69, 9.17) is 5.73 Å². The van der Waals surface area contributed by atoms with Crippen molar-refractivity contribution in [3.05, 3.63) is 53.5 Å². The fourth-order valence-corrected chi connectivity index (χ4v) is 4.02. The molecule has 21 heavy (non-hydrogen) atoms. The summed E-state index contributed by atoms with van der Waals surface area (Å²) in [6, 6.07) is 12.9.